The second kappa shape index (κ2) is 24.0. The zero-order valence-corrected chi connectivity index (χ0v) is 37.2. The lowest BCUT2D eigenvalue weighted by molar-refractivity contribution is -0.192. The van der Waals surface area contributed by atoms with Gasteiger partial charge in [-0.3, -0.25) is 24.4 Å². The summed E-state index contributed by atoms with van der Waals surface area (Å²) >= 11 is 0. The fourth-order valence-electron chi connectivity index (χ4n) is 7.15. The van der Waals surface area contributed by atoms with Crippen LogP contribution in [0.4, 0.5) is 22.0 Å². The van der Waals surface area contributed by atoms with Crippen molar-refractivity contribution in [3.05, 3.63) is 121 Å². The number of carbonyl (C=O) groups is 4. The van der Waals surface area contributed by atoms with Gasteiger partial charge in [-0.1, -0.05) is 36.4 Å². The van der Waals surface area contributed by atoms with Crippen LogP contribution in [-0.4, -0.2) is 128 Å². The molecular weight excluding hydrogens is 926 g/mol. The van der Waals surface area contributed by atoms with Gasteiger partial charge >= 0.3 is 12.1 Å². The van der Waals surface area contributed by atoms with Gasteiger partial charge in [-0.15, -0.1) is 0 Å². The number of amides is 3. The van der Waals surface area contributed by atoms with E-state index in [2.05, 4.69) is 20.6 Å². The van der Waals surface area contributed by atoms with Crippen LogP contribution in [0.25, 0.3) is 44.1 Å². The number of ether oxygens (including phenoxy) is 4. The molecule has 1 saturated heterocycles. The summed E-state index contributed by atoms with van der Waals surface area (Å²) in [6, 6.07) is 30.1. The number of alkyl halides is 5. The van der Waals surface area contributed by atoms with Gasteiger partial charge in [0.05, 0.1) is 67.7 Å². The Morgan fingerprint density at radius 3 is 1.67 bits per heavy atom. The lowest BCUT2D eigenvalue weighted by Gasteiger charge is -2.19. The molecule has 0 spiro atoms. The molecule has 0 bridgehead atoms. The van der Waals surface area contributed by atoms with Crippen molar-refractivity contribution in [2.24, 2.45) is 5.73 Å². The van der Waals surface area contributed by atoms with Crippen LogP contribution in [0.3, 0.4) is 0 Å². The molecule has 21 heteroatoms. The van der Waals surface area contributed by atoms with Gasteiger partial charge in [-0.25, -0.2) is 13.6 Å². The zero-order valence-electron chi connectivity index (χ0n) is 37.2. The molecule has 1 atom stereocenters. The van der Waals surface area contributed by atoms with Crippen LogP contribution >= 0.6 is 0 Å². The molecule has 366 valence electrons. The lowest BCUT2D eigenvalue weighted by Crippen LogP contribution is -2.43. The van der Waals surface area contributed by atoms with E-state index in [-0.39, 0.29) is 5.56 Å². The van der Waals surface area contributed by atoms with Gasteiger partial charge in [0.25, 0.3) is 11.8 Å². The van der Waals surface area contributed by atoms with E-state index in [0.29, 0.717) is 85.8 Å². The Balaban J connectivity index is 0.00000107. The number of aromatic nitrogens is 2. The van der Waals surface area contributed by atoms with Crippen LogP contribution in [-0.2, 0) is 19.1 Å². The number of pyridine rings is 2. The van der Waals surface area contributed by atoms with Gasteiger partial charge in [-0.05, 0) is 82.9 Å². The fourth-order valence-corrected chi connectivity index (χ4v) is 7.15. The monoisotopic (exact) mass is 971 g/mol. The van der Waals surface area contributed by atoms with Crippen LogP contribution in [0.5, 0.6) is 11.5 Å². The van der Waals surface area contributed by atoms with E-state index in [4.69, 9.17) is 34.6 Å². The minimum atomic E-state index is -5.08. The summed E-state index contributed by atoms with van der Waals surface area (Å²) in [5, 5.41) is 23.4. The minimum Gasteiger partial charge on any atom is -0.491 e. The lowest BCUT2D eigenvalue weighted by atomic mass is 10.0. The van der Waals surface area contributed by atoms with Crippen molar-refractivity contribution in [1.82, 2.24) is 25.5 Å². The number of nitriles is 1. The number of rotatable bonds is 20. The molecule has 1 aliphatic rings. The molecule has 6 aromatic rings. The second-order valence-corrected chi connectivity index (χ2v) is 15.5. The fraction of sp³-hybridized carbons (Fsp3) is 0.286. The van der Waals surface area contributed by atoms with E-state index in [1.807, 2.05) is 78.9 Å². The Morgan fingerprint density at radius 1 is 0.729 bits per heavy atom. The van der Waals surface area contributed by atoms with Gasteiger partial charge in [0.2, 0.25) is 11.8 Å². The van der Waals surface area contributed by atoms with Crippen molar-refractivity contribution in [1.29, 1.82) is 5.26 Å². The van der Waals surface area contributed by atoms with Crippen LogP contribution in [0, 0.1) is 11.3 Å². The number of halogens is 5. The van der Waals surface area contributed by atoms with Crippen LogP contribution < -0.4 is 25.8 Å². The summed E-state index contributed by atoms with van der Waals surface area (Å²) in [6.07, 6.45) is -2.75. The second-order valence-electron chi connectivity index (χ2n) is 15.5. The summed E-state index contributed by atoms with van der Waals surface area (Å²) in [5.41, 5.74) is 11.1. The maximum absolute atomic E-state index is 13.8. The average Bonchev–Trinajstić information content (AvgIpc) is 3.68. The number of nitrogens with zero attached hydrogens (tertiary/aromatic N) is 4. The van der Waals surface area contributed by atoms with Crippen molar-refractivity contribution >= 4 is 45.5 Å². The molecule has 1 fully saturated rings. The number of hydrogen-bond donors (Lipinski definition) is 4. The van der Waals surface area contributed by atoms with Crippen LogP contribution in [0.15, 0.2) is 109 Å². The van der Waals surface area contributed by atoms with Crippen molar-refractivity contribution in [2.45, 2.75) is 24.6 Å². The summed E-state index contributed by atoms with van der Waals surface area (Å²) in [6.45, 7) is 2.60. The van der Waals surface area contributed by atoms with Gasteiger partial charge in [0.1, 0.15) is 30.8 Å². The number of carboxylic acid groups (broad SMARTS) is 1. The predicted octanol–water partition coefficient (Wildman–Crippen LogP) is 6.42. The van der Waals surface area contributed by atoms with Gasteiger partial charge < -0.3 is 45.3 Å². The molecule has 1 aliphatic heterocycles. The molecule has 0 unspecified atom stereocenters. The zero-order chi connectivity index (χ0) is 50.3. The van der Waals surface area contributed by atoms with Gasteiger partial charge in [-0.2, -0.15) is 18.4 Å². The molecule has 7 rings (SSSR count). The molecule has 0 saturated carbocycles. The normalized spacial score (nSPS) is 14.1. The predicted molar refractivity (Wildman–Crippen MR) is 245 cm³/mol. The van der Waals surface area contributed by atoms with Crippen molar-refractivity contribution in [3.63, 3.8) is 0 Å². The molecule has 70 heavy (non-hydrogen) atoms. The van der Waals surface area contributed by atoms with E-state index in [1.165, 1.54) is 12.3 Å². The summed E-state index contributed by atoms with van der Waals surface area (Å²) in [4.78, 5) is 56.0. The maximum Gasteiger partial charge on any atom is 0.490 e. The quantitative estimate of drug-likeness (QED) is 0.0479. The number of carbonyl (C=O) groups excluding carboxylic acids is 3. The molecule has 5 N–H and O–H groups in total. The number of likely N-dealkylation sites (tertiary alicyclic amines) is 1. The summed E-state index contributed by atoms with van der Waals surface area (Å²) < 4.78 is 82.4. The third kappa shape index (κ3) is 14.4. The smallest absolute Gasteiger partial charge is 0.490 e. The van der Waals surface area contributed by atoms with Gasteiger partial charge in [0, 0.05) is 42.7 Å². The Kier molecular flexibility index (Phi) is 17.7. The molecular formula is C49H46F5N7O9. The van der Waals surface area contributed by atoms with Crippen LogP contribution in [0.1, 0.15) is 27.1 Å². The molecule has 0 aliphatic carbocycles. The summed E-state index contributed by atoms with van der Waals surface area (Å²) in [7, 11) is 0. The standard InChI is InChI=1S/C47H45F2N7O7.C2HF3O2/c48-47(49)27-35(28-50)56(30-47)44(57)29-55-46(59)39-14-16-54-43-12-6-34(26-41(39)43)32-3-9-37(10-4-32)63-24-22-61-20-18-52-17-19-60-21-23-62-36-7-1-31(2-8-36)33-5-11-42-40(25-33)38(45(51)58)13-15-53-42;3-2(4,5)1(6)7/h1-16,25-26,35,52H,17-24,27,29-30H2,(H2,51,58)(H,55,59);(H,6,7)/t35-;/m0./s1. The molecule has 4 aromatic carbocycles. The molecule has 3 amide bonds. The molecule has 0 radical (unpaired) electrons. The third-order valence-corrected chi connectivity index (χ3v) is 10.6. The average molecular weight is 972 g/mol. The number of nitrogens with two attached hydrogens (primary N) is 1. The van der Waals surface area contributed by atoms with Crippen molar-refractivity contribution in [3.8, 4) is 39.8 Å². The van der Waals surface area contributed by atoms with E-state index in [0.717, 1.165) is 32.9 Å². The largest absolute Gasteiger partial charge is 0.491 e. The first-order valence-corrected chi connectivity index (χ1v) is 21.6. The number of carboxylic acids is 1. The number of fused-ring (bicyclic) bond motifs is 2. The molecule has 3 heterocycles. The Labute approximate surface area is 397 Å². The first-order chi connectivity index (χ1) is 33.5. The van der Waals surface area contributed by atoms with Crippen molar-refractivity contribution in [2.75, 3.05) is 65.8 Å². The number of benzene rings is 4. The minimum absolute atomic E-state index is 0.268. The van der Waals surface area contributed by atoms with Crippen molar-refractivity contribution < 1.29 is 65.2 Å². The maximum atomic E-state index is 13.8. The highest BCUT2D eigenvalue weighted by molar-refractivity contribution is 6.08. The van der Waals surface area contributed by atoms with Gasteiger partial charge in [0.15, 0.2) is 0 Å². The van der Waals surface area contributed by atoms with E-state index in [9.17, 15) is 41.6 Å². The first kappa shape index (κ1) is 51.6. The van der Waals surface area contributed by atoms with E-state index < -0.39 is 61.3 Å². The number of hydrogen-bond acceptors (Lipinski definition) is 12. The first-order valence-electron chi connectivity index (χ1n) is 21.6. The molecule has 2 aromatic heterocycles. The highest BCUT2D eigenvalue weighted by Crippen LogP contribution is 2.32. The summed E-state index contributed by atoms with van der Waals surface area (Å²) in [5.74, 6) is -6.32. The highest BCUT2D eigenvalue weighted by atomic mass is 19.4. The van der Waals surface area contributed by atoms with E-state index in [1.54, 1.807) is 24.4 Å². The number of primary amides is 1. The number of aliphatic carboxylic acids is 1. The van der Waals surface area contributed by atoms with E-state index >= 15 is 0 Å². The molecule has 16 nitrogen and oxygen atoms in total. The van der Waals surface area contributed by atoms with Crippen LogP contribution in [0.2, 0.25) is 0 Å². The Morgan fingerprint density at radius 2 is 1.20 bits per heavy atom. The number of nitrogens with one attached hydrogen (secondary N) is 2. The topological polar surface area (TPSA) is 228 Å². The Bertz CT molecular complexity index is 2830. The SMILES string of the molecule is N#C[C@@H]1CC(F)(F)CN1C(=O)CNC(=O)c1ccnc2ccc(-c3ccc(OCCOCCNCCOCCOc4ccc(-c5ccc6nccc(C(N)=O)c6c5)cc4)cc3)cc12.O=C(O)C(F)(F)F. The Hall–Kier alpha value is -7.80. The third-order valence-electron chi connectivity index (χ3n) is 10.6. The highest BCUT2D eigenvalue weighted by Gasteiger charge is 2.47.